The molecular weight excluding hydrogens is 428 g/mol. The average molecular weight is 461 g/mol. The first-order chi connectivity index (χ1) is 16.3. The van der Waals surface area contributed by atoms with Gasteiger partial charge in [0.25, 0.3) is 5.91 Å². The van der Waals surface area contributed by atoms with Crippen molar-refractivity contribution in [1.29, 1.82) is 0 Å². The van der Waals surface area contributed by atoms with Gasteiger partial charge in [0.1, 0.15) is 6.04 Å². The molecular formula is C28H32N2O4. The van der Waals surface area contributed by atoms with Crippen molar-refractivity contribution >= 4 is 11.9 Å². The van der Waals surface area contributed by atoms with E-state index in [0.29, 0.717) is 18.0 Å². The standard InChI is InChI=1S/C28H32N2O4/c1-18(2)25(23-13-11-22(12-14-23)21-7-5-20(17-31)6-8-21)16-30-27(32)24-9-3-19(4-10-24)15-26(29)28(33)34/h3-14,18,25-26,31H,15-17,29H2,1-2H3,(H,30,32)(H,33,34)/t25-,26+/m1/s1. The summed E-state index contributed by atoms with van der Waals surface area (Å²) in [5.74, 6) is -0.730. The maximum atomic E-state index is 12.7. The number of amides is 1. The monoisotopic (exact) mass is 460 g/mol. The summed E-state index contributed by atoms with van der Waals surface area (Å²) in [6.45, 7) is 4.81. The predicted molar refractivity (Wildman–Crippen MR) is 133 cm³/mol. The van der Waals surface area contributed by atoms with Crippen LogP contribution in [0.3, 0.4) is 0 Å². The van der Waals surface area contributed by atoms with Gasteiger partial charge in [-0.05, 0) is 52.3 Å². The van der Waals surface area contributed by atoms with Crippen LogP contribution < -0.4 is 11.1 Å². The van der Waals surface area contributed by atoms with Crippen LogP contribution in [0, 0.1) is 5.92 Å². The highest BCUT2D eigenvalue weighted by molar-refractivity contribution is 5.94. The van der Waals surface area contributed by atoms with Gasteiger partial charge in [0.05, 0.1) is 6.61 Å². The normalized spacial score (nSPS) is 12.9. The Kier molecular flexibility index (Phi) is 8.57. The smallest absolute Gasteiger partial charge is 0.320 e. The van der Waals surface area contributed by atoms with Gasteiger partial charge in [0.15, 0.2) is 0 Å². The van der Waals surface area contributed by atoms with Crippen molar-refractivity contribution in [2.75, 3.05) is 6.54 Å². The van der Waals surface area contributed by atoms with E-state index < -0.39 is 12.0 Å². The first kappa shape index (κ1) is 25.1. The van der Waals surface area contributed by atoms with Crippen molar-refractivity contribution < 1.29 is 19.8 Å². The molecule has 0 aliphatic rings. The number of carboxylic acids is 1. The van der Waals surface area contributed by atoms with Crippen LogP contribution in [0.1, 0.15) is 46.8 Å². The second kappa shape index (κ2) is 11.6. The maximum absolute atomic E-state index is 12.7. The molecule has 0 radical (unpaired) electrons. The summed E-state index contributed by atoms with van der Waals surface area (Å²) in [5.41, 5.74) is 11.1. The maximum Gasteiger partial charge on any atom is 0.320 e. The van der Waals surface area contributed by atoms with Crippen molar-refractivity contribution in [3.05, 3.63) is 95.1 Å². The molecule has 1 amide bonds. The van der Waals surface area contributed by atoms with Gasteiger partial charge in [-0.2, -0.15) is 0 Å². The Bertz CT molecular complexity index is 1090. The van der Waals surface area contributed by atoms with Crippen LogP contribution in [0.2, 0.25) is 0 Å². The summed E-state index contributed by atoms with van der Waals surface area (Å²) in [6.07, 6.45) is 0.216. The Labute approximate surface area is 200 Å². The minimum Gasteiger partial charge on any atom is -0.480 e. The van der Waals surface area contributed by atoms with Gasteiger partial charge in [-0.15, -0.1) is 0 Å². The van der Waals surface area contributed by atoms with Crippen molar-refractivity contribution in [3.63, 3.8) is 0 Å². The second-order valence-electron chi connectivity index (χ2n) is 8.88. The predicted octanol–water partition coefficient (Wildman–Crippen LogP) is 3.97. The summed E-state index contributed by atoms with van der Waals surface area (Å²) in [5, 5.41) is 21.2. The largest absolute Gasteiger partial charge is 0.480 e. The number of aliphatic hydroxyl groups is 1. The van der Waals surface area contributed by atoms with Crippen LogP contribution in [-0.2, 0) is 17.8 Å². The summed E-state index contributed by atoms with van der Waals surface area (Å²) >= 11 is 0. The van der Waals surface area contributed by atoms with Gasteiger partial charge < -0.3 is 21.3 Å². The van der Waals surface area contributed by atoms with Crippen molar-refractivity contribution in [2.24, 2.45) is 11.7 Å². The molecule has 0 spiro atoms. The topological polar surface area (TPSA) is 113 Å². The summed E-state index contributed by atoms with van der Waals surface area (Å²) < 4.78 is 0. The van der Waals surface area contributed by atoms with Crippen LogP contribution in [0.4, 0.5) is 0 Å². The number of nitrogens with two attached hydrogens (primary N) is 1. The molecule has 0 fully saturated rings. The van der Waals surface area contributed by atoms with Crippen LogP contribution >= 0.6 is 0 Å². The first-order valence-corrected chi connectivity index (χ1v) is 11.4. The third-order valence-corrected chi connectivity index (χ3v) is 6.08. The van der Waals surface area contributed by atoms with Gasteiger partial charge >= 0.3 is 5.97 Å². The highest BCUT2D eigenvalue weighted by atomic mass is 16.4. The molecule has 5 N–H and O–H groups in total. The van der Waals surface area contributed by atoms with Gasteiger partial charge in [0.2, 0.25) is 0 Å². The fourth-order valence-electron chi connectivity index (χ4n) is 3.90. The third kappa shape index (κ3) is 6.53. The molecule has 0 unspecified atom stereocenters. The zero-order chi connectivity index (χ0) is 24.7. The zero-order valence-electron chi connectivity index (χ0n) is 19.6. The molecule has 2 atom stereocenters. The van der Waals surface area contributed by atoms with E-state index in [1.165, 1.54) is 0 Å². The van der Waals surface area contributed by atoms with E-state index in [0.717, 1.165) is 27.8 Å². The molecule has 6 nitrogen and oxygen atoms in total. The fraction of sp³-hybridized carbons (Fsp3) is 0.286. The quantitative estimate of drug-likeness (QED) is 0.366. The van der Waals surface area contributed by atoms with Crippen molar-refractivity contribution in [2.45, 2.75) is 38.8 Å². The molecule has 3 aromatic rings. The molecule has 34 heavy (non-hydrogen) atoms. The van der Waals surface area contributed by atoms with Crippen LogP contribution in [-0.4, -0.2) is 34.7 Å². The number of benzene rings is 3. The average Bonchev–Trinajstić information content (AvgIpc) is 2.84. The van der Waals surface area contributed by atoms with E-state index >= 15 is 0 Å². The lowest BCUT2D eigenvalue weighted by Crippen LogP contribution is -2.32. The molecule has 0 saturated carbocycles. The molecule has 0 aliphatic carbocycles. The van der Waals surface area contributed by atoms with Gasteiger partial charge in [-0.25, -0.2) is 0 Å². The lowest BCUT2D eigenvalue weighted by Gasteiger charge is -2.22. The number of hydrogen-bond acceptors (Lipinski definition) is 4. The van der Waals surface area contributed by atoms with E-state index in [1.54, 1.807) is 24.3 Å². The number of rotatable bonds is 10. The molecule has 0 bridgehead atoms. The van der Waals surface area contributed by atoms with E-state index in [4.69, 9.17) is 10.8 Å². The highest BCUT2D eigenvalue weighted by Crippen LogP contribution is 2.27. The summed E-state index contributed by atoms with van der Waals surface area (Å²) in [4.78, 5) is 23.6. The molecule has 0 aliphatic heterocycles. The van der Waals surface area contributed by atoms with E-state index in [2.05, 4.69) is 43.4 Å². The molecule has 6 heteroatoms. The summed E-state index contributed by atoms with van der Waals surface area (Å²) in [6, 6.07) is 22.1. The lowest BCUT2D eigenvalue weighted by atomic mass is 9.87. The molecule has 0 saturated heterocycles. The van der Waals surface area contributed by atoms with Gasteiger partial charge in [-0.1, -0.05) is 74.5 Å². The number of carbonyl (C=O) groups excluding carboxylic acids is 1. The number of aliphatic carboxylic acids is 1. The van der Waals surface area contributed by atoms with E-state index in [9.17, 15) is 14.7 Å². The van der Waals surface area contributed by atoms with Crippen molar-refractivity contribution in [1.82, 2.24) is 5.32 Å². The number of carbonyl (C=O) groups is 2. The van der Waals surface area contributed by atoms with Gasteiger partial charge in [-0.3, -0.25) is 9.59 Å². The van der Waals surface area contributed by atoms with Crippen molar-refractivity contribution in [3.8, 4) is 11.1 Å². The van der Waals surface area contributed by atoms with Crippen LogP contribution in [0.5, 0.6) is 0 Å². The minimum atomic E-state index is -1.05. The fourth-order valence-corrected chi connectivity index (χ4v) is 3.90. The van der Waals surface area contributed by atoms with E-state index in [1.807, 2.05) is 24.3 Å². The number of hydrogen-bond donors (Lipinski definition) is 4. The Morgan fingerprint density at radius 3 is 1.88 bits per heavy atom. The summed E-state index contributed by atoms with van der Waals surface area (Å²) in [7, 11) is 0. The first-order valence-electron chi connectivity index (χ1n) is 11.4. The lowest BCUT2D eigenvalue weighted by molar-refractivity contribution is -0.138. The van der Waals surface area contributed by atoms with Crippen LogP contribution in [0.15, 0.2) is 72.8 Å². The van der Waals surface area contributed by atoms with Crippen LogP contribution in [0.25, 0.3) is 11.1 Å². The van der Waals surface area contributed by atoms with E-state index in [-0.39, 0.29) is 24.9 Å². The number of carboxylic acid groups (broad SMARTS) is 1. The highest BCUT2D eigenvalue weighted by Gasteiger charge is 2.18. The molecule has 178 valence electrons. The molecule has 0 aromatic heterocycles. The second-order valence-corrected chi connectivity index (χ2v) is 8.88. The SMILES string of the molecule is CC(C)[C@@H](CNC(=O)c1ccc(C[C@H](N)C(=O)O)cc1)c1ccc(-c2ccc(CO)cc2)cc1. The molecule has 3 aromatic carbocycles. The number of nitrogens with one attached hydrogen (secondary N) is 1. The third-order valence-electron chi connectivity index (χ3n) is 6.08. The van der Waals surface area contributed by atoms with Gasteiger partial charge in [0, 0.05) is 18.0 Å². The zero-order valence-corrected chi connectivity index (χ0v) is 19.6. The Morgan fingerprint density at radius 1 is 0.853 bits per heavy atom. The Hall–Kier alpha value is -3.48. The molecule has 0 heterocycles. The minimum absolute atomic E-state index is 0.0318. The Balaban J connectivity index is 1.63. The number of aliphatic hydroxyl groups excluding tert-OH is 1. The Morgan fingerprint density at radius 2 is 1.38 bits per heavy atom. The molecule has 3 rings (SSSR count).